The molecule has 0 saturated carbocycles. The number of hydrogen-bond donors (Lipinski definition) is 1. The maximum absolute atomic E-state index is 12.4. The highest BCUT2D eigenvalue weighted by Crippen LogP contribution is 2.35. The van der Waals surface area contributed by atoms with Crippen LogP contribution in [-0.2, 0) is 15.0 Å². The molecule has 1 aromatic heterocycles. The van der Waals surface area contributed by atoms with Crippen molar-refractivity contribution in [3.8, 4) is 0 Å². The van der Waals surface area contributed by atoms with E-state index in [1.165, 1.54) is 6.08 Å². The first-order chi connectivity index (χ1) is 12.1. The lowest BCUT2D eigenvalue weighted by Crippen LogP contribution is -2.48. The smallest absolute Gasteiger partial charge is 0.314 e. The molecule has 0 aliphatic carbocycles. The van der Waals surface area contributed by atoms with Crippen LogP contribution in [0.5, 0.6) is 0 Å². The SMILES string of the molecule is O=C(C=Cc1ccccn1)N1CCC(C(=O)O)(c2ccccc2)CC1. The van der Waals surface area contributed by atoms with Crippen LogP contribution in [-0.4, -0.2) is 40.0 Å². The number of nitrogens with zero attached hydrogens (tertiary/aromatic N) is 2. The van der Waals surface area contributed by atoms with Crippen molar-refractivity contribution in [1.82, 2.24) is 9.88 Å². The monoisotopic (exact) mass is 336 g/mol. The topological polar surface area (TPSA) is 70.5 Å². The molecule has 1 amide bonds. The number of likely N-dealkylation sites (tertiary alicyclic amines) is 1. The third-order valence-corrected chi connectivity index (χ3v) is 4.75. The van der Waals surface area contributed by atoms with Crippen LogP contribution in [0.3, 0.4) is 0 Å². The molecule has 5 nitrogen and oxygen atoms in total. The second-order valence-electron chi connectivity index (χ2n) is 6.17. The van der Waals surface area contributed by atoms with E-state index in [9.17, 15) is 14.7 Å². The molecule has 0 atom stereocenters. The van der Waals surface area contributed by atoms with E-state index in [0.29, 0.717) is 25.9 Å². The Labute approximate surface area is 146 Å². The first-order valence-electron chi connectivity index (χ1n) is 8.29. The lowest BCUT2D eigenvalue weighted by molar-refractivity contribution is -0.147. The van der Waals surface area contributed by atoms with E-state index in [0.717, 1.165) is 11.3 Å². The van der Waals surface area contributed by atoms with Crippen molar-refractivity contribution in [3.05, 3.63) is 72.1 Å². The van der Waals surface area contributed by atoms with E-state index in [2.05, 4.69) is 4.98 Å². The van der Waals surface area contributed by atoms with E-state index >= 15 is 0 Å². The van der Waals surface area contributed by atoms with Gasteiger partial charge in [0.15, 0.2) is 0 Å². The molecule has 1 aliphatic heterocycles. The largest absolute Gasteiger partial charge is 0.481 e. The highest BCUT2D eigenvalue weighted by molar-refractivity contribution is 5.92. The zero-order valence-electron chi connectivity index (χ0n) is 13.8. The number of carboxylic acids is 1. The summed E-state index contributed by atoms with van der Waals surface area (Å²) in [6.07, 6.45) is 5.67. The fourth-order valence-electron chi connectivity index (χ4n) is 3.23. The van der Waals surface area contributed by atoms with Crippen LogP contribution in [0.15, 0.2) is 60.8 Å². The number of benzene rings is 1. The minimum absolute atomic E-state index is 0.113. The van der Waals surface area contributed by atoms with Gasteiger partial charge in [-0.3, -0.25) is 14.6 Å². The lowest BCUT2D eigenvalue weighted by atomic mass is 9.73. The second kappa shape index (κ2) is 7.30. The summed E-state index contributed by atoms with van der Waals surface area (Å²) in [6, 6.07) is 14.8. The third-order valence-electron chi connectivity index (χ3n) is 4.75. The van der Waals surface area contributed by atoms with E-state index in [4.69, 9.17) is 0 Å². The van der Waals surface area contributed by atoms with Gasteiger partial charge in [-0.25, -0.2) is 0 Å². The van der Waals surface area contributed by atoms with Gasteiger partial charge in [-0.1, -0.05) is 36.4 Å². The zero-order valence-corrected chi connectivity index (χ0v) is 13.8. The average molecular weight is 336 g/mol. The van der Waals surface area contributed by atoms with Crippen molar-refractivity contribution in [2.45, 2.75) is 18.3 Å². The minimum atomic E-state index is -0.914. The van der Waals surface area contributed by atoms with Gasteiger partial charge >= 0.3 is 5.97 Å². The summed E-state index contributed by atoms with van der Waals surface area (Å²) < 4.78 is 0. The molecule has 1 aromatic carbocycles. The Balaban J connectivity index is 1.69. The number of carboxylic acid groups (broad SMARTS) is 1. The molecule has 5 heteroatoms. The first kappa shape index (κ1) is 16.9. The van der Waals surface area contributed by atoms with Gasteiger partial charge in [0.25, 0.3) is 0 Å². The molecule has 128 valence electrons. The molecule has 25 heavy (non-hydrogen) atoms. The summed E-state index contributed by atoms with van der Waals surface area (Å²) in [5.41, 5.74) is 0.610. The van der Waals surface area contributed by atoms with E-state index in [1.807, 2.05) is 48.5 Å². The molecule has 1 saturated heterocycles. The van der Waals surface area contributed by atoms with Crippen molar-refractivity contribution < 1.29 is 14.7 Å². The van der Waals surface area contributed by atoms with Gasteiger partial charge in [0.1, 0.15) is 0 Å². The van der Waals surface area contributed by atoms with Crippen LogP contribution in [0.4, 0.5) is 0 Å². The average Bonchev–Trinajstić information content (AvgIpc) is 2.67. The number of hydrogen-bond acceptors (Lipinski definition) is 3. The van der Waals surface area contributed by atoms with Crippen molar-refractivity contribution in [2.75, 3.05) is 13.1 Å². The Morgan fingerprint density at radius 3 is 2.32 bits per heavy atom. The zero-order chi connectivity index (χ0) is 17.7. The molecule has 0 spiro atoms. The molecule has 1 fully saturated rings. The summed E-state index contributed by atoms with van der Waals surface area (Å²) in [5, 5.41) is 9.79. The summed E-state index contributed by atoms with van der Waals surface area (Å²) >= 11 is 0. The first-order valence-corrected chi connectivity index (χ1v) is 8.29. The van der Waals surface area contributed by atoms with Crippen LogP contribution in [0.25, 0.3) is 6.08 Å². The number of aliphatic carboxylic acids is 1. The number of carbonyl (C=O) groups excluding carboxylic acids is 1. The Kier molecular flexibility index (Phi) is 4.93. The molecule has 0 radical (unpaired) electrons. The van der Waals surface area contributed by atoms with E-state index in [1.54, 1.807) is 17.2 Å². The minimum Gasteiger partial charge on any atom is -0.481 e. The highest BCUT2D eigenvalue weighted by atomic mass is 16.4. The molecular formula is C20H20N2O3. The third kappa shape index (κ3) is 3.60. The fourth-order valence-corrected chi connectivity index (χ4v) is 3.23. The number of rotatable bonds is 4. The quantitative estimate of drug-likeness (QED) is 0.872. The summed E-state index contributed by atoms with van der Waals surface area (Å²) in [7, 11) is 0. The Morgan fingerprint density at radius 2 is 1.72 bits per heavy atom. The number of aromatic nitrogens is 1. The molecule has 3 rings (SSSR count). The van der Waals surface area contributed by atoms with Gasteiger partial charge in [0.05, 0.1) is 11.1 Å². The van der Waals surface area contributed by atoms with Crippen molar-refractivity contribution in [1.29, 1.82) is 0 Å². The predicted octanol–water partition coefficient (Wildman–Crippen LogP) is 2.74. The molecule has 1 N–H and O–H groups in total. The fraction of sp³-hybridized carbons (Fsp3) is 0.250. The molecule has 1 aliphatic rings. The van der Waals surface area contributed by atoms with E-state index in [-0.39, 0.29) is 5.91 Å². The summed E-state index contributed by atoms with van der Waals surface area (Å²) in [5.74, 6) is -0.937. The molecule has 2 heterocycles. The van der Waals surface area contributed by atoms with Gasteiger partial charge in [-0.05, 0) is 36.6 Å². The number of pyridine rings is 1. The van der Waals surface area contributed by atoms with Crippen LogP contribution < -0.4 is 0 Å². The maximum Gasteiger partial charge on any atom is 0.314 e. The normalized spacial score (nSPS) is 16.7. The number of piperidine rings is 1. The van der Waals surface area contributed by atoms with Crippen molar-refractivity contribution in [3.63, 3.8) is 0 Å². The highest BCUT2D eigenvalue weighted by Gasteiger charge is 2.43. The maximum atomic E-state index is 12.4. The van der Waals surface area contributed by atoms with Gasteiger partial charge in [0.2, 0.25) is 5.91 Å². The molecular weight excluding hydrogens is 316 g/mol. The van der Waals surface area contributed by atoms with Gasteiger partial charge in [-0.2, -0.15) is 0 Å². The van der Waals surface area contributed by atoms with Crippen LogP contribution in [0.1, 0.15) is 24.1 Å². The Bertz CT molecular complexity index is 764. The van der Waals surface area contributed by atoms with Crippen LogP contribution in [0.2, 0.25) is 0 Å². The van der Waals surface area contributed by atoms with Gasteiger partial charge in [-0.15, -0.1) is 0 Å². The van der Waals surface area contributed by atoms with Gasteiger partial charge in [0, 0.05) is 25.4 Å². The molecule has 2 aromatic rings. The van der Waals surface area contributed by atoms with Crippen molar-refractivity contribution >= 4 is 18.0 Å². The Hall–Kier alpha value is -2.95. The van der Waals surface area contributed by atoms with Crippen LogP contribution in [0, 0.1) is 0 Å². The molecule has 0 unspecified atom stereocenters. The Morgan fingerprint density at radius 1 is 1.04 bits per heavy atom. The standard InChI is InChI=1S/C20H20N2O3/c23-18(10-9-17-8-4-5-13-21-17)22-14-11-20(12-15-22,19(24)25)16-6-2-1-3-7-16/h1-10,13H,11-12,14-15H2,(H,24,25). The number of amides is 1. The van der Waals surface area contributed by atoms with E-state index < -0.39 is 11.4 Å². The van der Waals surface area contributed by atoms with Crippen molar-refractivity contribution in [2.24, 2.45) is 0 Å². The summed E-state index contributed by atoms with van der Waals surface area (Å²) in [6.45, 7) is 0.846. The number of carbonyl (C=O) groups is 2. The molecule has 0 bridgehead atoms. The summed E-state index contributed by atoms with van der Waals surface area (Å²) in [4.78, 5) is 30.1. The van der Waals surface area contributed by atoms with Gasteiger partial charge < -0.3 is 10.0 Å². The lowest BCUT2D eigenvalue weighted by Gasteiger charge is -2.38. The second-order valence-corrected chi connectivity index (χ2v) is 6.17. The predicted molar refractivity (Wildman–Crippen MR) is 94.8 cm³/mol. The van der Waals surface area contributed by atoms with Crippen LogP contribution >= 0.6 is 0 Å².